The minimum atomic E-state index is -0.853. The Kier molecular flexibility index (Phi) is 2.99. The van der Waals surface area contributed by atoms with Crippen LogP contribution in [0.4, 0.5) is 4.39 Å². The minimum absolute atomic E-state index is 0.0181. The maximum atomic E-state index is 12.4. The topological polar surface area (TPSA) is 50.7 Å². The Morgan fingerprint density at radius 3 is 2.60 bits per heavy atom. The van der Waals surface area contributed by atoms with Gasteiger partial charge in [0.05, 0.1) is 0 Å². The molecule has 0 saturated carbocycles. The van der Waals surface area contributed by atoms with Crippen molar-refractivity contribution in [3.8, 4) is 0 Å². The predicted molar refractivity (Wildman–Crippen MR) is 61.3 cm³/mol. The van der Waals surface area contributed by atoms with Crippen LogP contribution in [0.5, 0.6) is 0 Å². The summed E-state index contributed by atoms with van der Waals surface area (Å²) in [4.78, 5) is 7.41. The lowest BCUT2D eigenvalue weighted by molar-refractivity contribution is 0.632. The van der Waals surface area contributed by atoms with Gasteiger partial charge in [0.15, 0.2) is 5.84 Å². The van der Waals surface area contributed by atoms with Gasteiger partial charge in [0.2, 0.25) is 5.95 Å². The molecule has 4 heteroatoms. The molecule has 2 N–H and O–H groups in total. The summed E-state index contributed by atoms with van der Waals surface area (Å²) in [6.07, 6.45) is 1.54. The van der Waals surface area contributed by atoms with Crippen molar-refractivity contribution in [3.05, 3.63) is 48.1 Å². The average molecular weight is 205 g/mol. The molecule has 0 atom stereocenters. The summed E-state index contributed by atoms with van der Waals surface area (Å²) < 4.78 is 12.4. The summed E-state index contributed by atoms with van der Waals surface area (Å²) in [7, 11) is 0. The first kappa shape index (κ1) is 11.1. The van der Waals surface area contributed by atoms with Gasteiger partial charge in [-0.3, -0.25) is 4.99 Å². The van der Waals surface area contributed by atoms with Crippen molar-refractivity contribution < 1.29 is 4.39 Å². The van der Waals surface area contributed by atoms with E-state index in [2.05, 4.69) is 29.7 Å². The van der Waals surface area contributed by atoms with Gasteiger partial charge in [0.1, 0.15) is 5.70 Å². The molecular formula is C11H12FN3. The van der Waals surface area contributed by atoms with Crippen LogP contribution in [0, 0.1) is 0 Å². The summed E-state index contributed by atoms with van der Waals surface area (Å²) in [6.45, 7) is 12.3. The molecule has 0 aromatic carbocycles. The van der Waals surface area contributed by atoms with E-state index in [9.17, 15) is 4.39 Å². The fraction of sp³-hybridized carbons (Fsp3) is 0.0909. The summed E-state index contributed by atoms with van der Waals surface area (Å²) in [5.74, 6) is -0.871. The van der Waals surface area contributed by atoms with Crippen molar-refractivity contribution in [2.75, 3.05) is 0 Å². The first-order valence-electron chi connectivity index (χ1n) is 4.26. The highest BCUT2D eigenvalue weighted by Gasteiger charge is 2.18. The van der Waals surface area contributed by atoms with Crippen molar-refractivity contribution >= 4 is 12.1 Å². The van der Waals surface area contributed by atoms with Crippen LogP contribution in [0.25, 0.3) is 0 Å². The number of aliphatic imine (C=N–C) groups is 2. The minimum Gasteiger partial charge on any atom is -0.382 e. The van der Waals surface area contributed by atoms with Crippen molar-refractivity contribution in [2.24, 2.45) is 15.7 Å². The number of hydrogen-bond donors (Lipinski definition) is 1. The highest BCUT2D eigenvalue weighted by molar-refractivity contribution is 6.06. The molecule has 0 bridgehead atoms. The third-order valence-electron chi connectivity index (χ3n) is 1.82. The van der Waals surface area contributed by atoms with Crippen LogP contribution in [0.1, 0.15) is 6.92 Å². The van der Waals surface area contributed by atoms with E-state index in [-0.39, 0.29) is 5.84 Å². The first-order chi connectivity index (χ1) is 6.93. The quantitative estimate of drug-likeness (QED) is 0.429. The fourth-order valence-corrected chi connectivity index (χ4v) is 1.28. The summed E-state index contributed by atoms with van der Waals surface area (Å²) in [6, 6.07) is 0. The van der Waals surface area contributed by atoms with Gasteiger partial charge in [-0.15, -0.1) is 0 Å². The Morgan fingerprint density at radius 1 is 1.53 bits per heavy atom. The molecule has 0 aliphatic carbocycles. The number of hydrogen-bond acceptors (Lipinski definition) is 2. The molecule has 1 aliphatic rings. The largest absolute Gasteiger partial charge is 0.382 e. The standard InChI is InChI=1S/C11H12FN3/c1-6(2)9-7(3)5-14-10(9)11(13)15-8(4)12/h5H,1,3-4H2,2H3,(H2,13,15). The number of rotatable bonds is 3. The average Bonchev–Trinajstić information content (AvgIpc) is 2.45. The van der Waals surface area contributed by atoms with Crippen molar-refractivity contribution in [1.29, 1.82) is 0 Å². The lowest BCUT2D eigenvalue weighted by Crippen LogP contribution is -2.14. The third kappa shape index (κ3) is 2.28. The zero-order valence-electron chi connectivity index (χ0n) is 8.55. The molecule has 0 unspecified atom stereocenters. The van der Waals surface area contributed by atoms with Crippen molar-refractivity contribution in [1.82, 2.24) is 0 Å². The second kappa shape index (κ2) is 4.04. The molecule has 0 saturated heterocycles. The van der Waals surface area contributed by atoms with E-state index in [1.54, 1.807) is 13.1 Å². The Morgan fingerprint density at radius 2 is 2.13 bits per heavy atom. The van der Waals surface area contributed by atoms with E-state index in [4.69, 9.17) is 5.73 Å². The molecule has 0 fully saturated rings. The van der Waals surface area contributed by atoms with Gasteiger partial charge >= 0.3 is 0 Å². The molecule has 3 nitrogen and oxygen atoms in total. The molecule has 0 aromatic rings. The molecule has 0 spiro atoms. The SMILES string of the molecule is C=C(F)/N=C(/N)C1=C(C(=C)C)C(=C)C=N1. The highest BCUT2D eigenvalue weighted by atomic mass is 19.1. The number of nitrogens with zero attached hydrogens (tertiary/aromatic N) is 2. The molecule has 0 aromatic heterocycles. The molecule has 15 heavy (non-hydrogen) atoms. The maximum absolute atomic E-state index is 12.4. The smallest absolute Gasteiger partial charge is 0.207 e. The maximum Gasteiger partial charge on any atom is 0.207 e. The van der Waals surface area contributed by atoms with Crippen LogP contribution in [0.2, 0.25) is 0 Å². The number of halogens is 1. The molecule has 1 aliphatic heterocycles. The Balaban J connectivity index is 3.23. The van der Waals surface area contributed by atoms with Crippen LogP contribution < -0.4 is 5.73 Å². The van der Waals surface area contributed by atoms with Crippen molar-refractivity contribution in [3.63, 3.8) is 0 Å². The van der Waals surface area contributed by atoms with Crippen LogP contribution in [-0.4, -0.2) is 12.1 Å². The first-order valence-corrected chi connectivity index (χ1v) is 4.26. The number of nitrogens with two attached hydrogens (primary N) is 1. The lowest BCUT2D eigenvalue weighted by Gasteiger charge is -2.05. The van der Waals surface area contributed by atoms with E-state index in [0.29, 0.717) is 16.8 Å². The Labute approximate surface area is 87.9 Å². The second-order valence-corrected chi connectivity index (χ2v) is 3.16. The van der Waals surface area contributed by atoms with Gasteiger partial charge in [-0.25, -0.2) is 4.99 Å². The number of amidine groups is 1. The molecule has 78 valence electrons. The molecular weight excluding hydrogens is 193 g/mol. The zero-order chi connectivity index (χ0) is 11.6. The molecule has 0 radical (unpaired) electrons. The second-order valence-electron chi connectivity index (χ2n) is 3.16. The van der Waals surface area contributed by atoms with E-state index in [1.165, 1.54) is 0 Å². The van der Waals surface area contributed by atoms with E-state index >= 15 is 0 Å². The van der Waals surface area contributed by atoms with Gasteiger partial charge in [-0.1, -0.05) is 13.2 Å². The van der Waals surface area contributed by atoms with E-state index in [1.807, 2.05) is 0 Å². The van der Waals surface area contributed by atoms with E-state index in [0.717, 1.165) is 5.57 Å². The molecule has 0 amide bonds. The predicted octanol–water partition coefficient (Wildman–Crippen LogP) is 2.26. The summed E-state index contributed by atoms with van der Waals surface area (Å²) in [5, 5.41) is 0. The van der Waals surface area contributed by atoms with Gasteiger partial charge in [-0.05, 0) is 24.6 Å². The fourth-order valence-electron chi connectivity index (χ4n) is 1.28. The molecule has 1 heterocycles. The van der Waals surface area contributed by atoms with Gasteiger partial charge in [-0.2, -0.15) is 4.39 Å². The summed E-state index contributed by atoms with van der Waals surface area (Å²) >= 11 is 0. The Hall–Kier alpha value is -1.97. The molecule has 1 rings (SSSR count). The summed E-state index contributed by atoms with van der Waals surface area (Å²) in [5.41, 5.74) is 8.12. The van der Waals surface area contributed by atoms with Crippen molar-refractivity contribution in [2.45, 2.75) is 6.92 Å². The highest BCUT2D eigenvalue weighted by Crippen LogP contribution is 2.26. The van der Waals surface area contributed by atoms with Crippen LogP contribution in [-0.2, 0) is 0 Å². The van der Waals surface area contributed by atoms with Gasteiger partial charge in [0.25, 0.3) is 0 Å². The number of allylic oxidation sites excluding steroid dienone is 3. The Bertz CT molecular complexity index is 439. The van der Waals surface area contributed by atoms with Crippen LogP contribution >= 0.6 is 0 Å². The van der Waals surface area contributed by atoms with Crippen LogP contribution in [0.3, 0.4) is 0 Å². The van der Waals surface area contributed by atoms with Gasteiger partial charge in [0, 0.05) is 11.8 Å². The lowest BCUT2D eigenvalue weighted by atomic mass is 10.0. The van der Waals surface area contributed by atoms with Gasteiger partial charge < -0.3 is 5.73 Å². The normalized spacial score (nSPS) is 16.1. The van der Waals surface area contributed by atoms with E-state index < -0.39 is 5.95 Å². The van der Waals surface area contributed by atoms with Crippen LogP contribution in [0.15, 0.2) is 58.1 Å². The zero-order valence-corrected chi connectivity index (χ0v) is 8.55. The monoisotopic (exact) mass is 205 g/mol. The third-order valence-corrected chi connectivity index (χ3v) is 1.82.